The van der Waals surface area contributed by atoms with E-state index in [4.69, 9.17) is 0 Å². The van der Waals surface area contributed by atoms with E-state index in [1.54, 1.807) is 0 Å². The summed E-state index contributed by atoms with van der Waals surface area (Å²) < 4.78 is 1.49. The molecule has 5 aromatic rings. The first kappa shape index (κ1) is 38.9. The molecule has 8 heteroatoms. The topological polar surface area (TPSA) is 74.8 Å². The summed E-state index contributed by atoms with van der Waals surface area (Å²) in [6, 6.07) is 11.4. The summed E-state index contributed by atoms with van der Waals surface area (Å²) in [5, 5.41) is 6.54. The molecule has 0 saturated heterocycles. The van der Waals surface area contributed by atoms with Crippen molar-refractivity contribution in [1.82, 2.24) is 9.80 Å². The number of carbonyl (C=O) groups is 4. The highest BCUT2D eigenvalue weighted by molar-refractivity contribution is 9.11. The Labute approximate surface area is 336 Å². The van der Waals surface area contributed by atoms with E-state index in [1.807, 2.05) is 36.4 Å². The molecule has 284 valence electrons. The van der Waals surface area contributed by atoms with Crippen molar-refractivity contribution in [2.24, 2.45) is 0 Å². The Morgan fingerprint density at radius 1 is 0.389 bits per heavy atom. The minimum Gasteiger partial charge on any atom is -0.274 e. The third-order valence-electron chi connectivity index (χ3n) is 11.9. The van der Waals surface area contributed by atoms with Crippen molar-refractivity contribution in [3.8, 4) is 0 Å². The quantitative estimate of drug-likeness (QED) is 0.0338. The lowest BCUT2D eigenvalue weighted by molar-refractivity contribution is 0.0592. The van der Waals surface area contributed by atoms with Crippen LogP contribution in [-0.4, -0.2) is 46.5 Å². The Bertz CT molecular complexity index is 2090. The molecule has 7 rings (SSSR count). The Morgan fingerprint density at radius 3 is 1.06 bits per heavy atom. The van der Waals surface area contributed by atoms with Crippen molar-refractivity contribution in [3.05, 3.63) is 67.6 Å². The van der Waals surface area contributed by atoms with Crippen LogP contribution in [0.4, 0.5) is 0 Å². The van der Waals surface area contributed by atoms with E-state index in [0.717, 1.165) is 79.8 Å². The predicted molar refractivity (Wildman–Crippen MR) is 228 cm³/mol. The second kappa shape index (κ2) is 17.2. The third kappa shape index (κ3) is 7.11. The number of hydrogen-bond donors (Lipinski definition) is 0. The highest BCUT2D eigenvalue weighted by Gasteiger charge is 2.37. The molecular weight excluding hydrogens is 804 g/mol. The normalized spacial score (nSPS) is 14.4. The van der Waals surface area contributed by atoms with E-state index in [1.165, 1.54) is 86.8 Å². The van der Waals surface area contributed by atoms with Gasteiger partial charge in [-0.2, -0.15) is 0 Å². The molecule has 0 N–H and O–H groups in total. The summed E-state index contributed by atoms with van der Waals surface area (Å²) in [6.07, 6.45) is 21.0. The first-order valence-electron chi connectivity index (χ1n) is 20.6. The monoisotopic (exact) mass is 854 g/mol. The Kier molecular flexibility index (Phi) is 12.4. The third-order valence-corrected chi connectivity index (χ3v) is 13.1. The molecule has 0 aromatic heterocycles. The lowest BCUT2D eigenvalue weighted by Gasteiger charge is -2.31. The molecule has 4 amide bonds. The standard InChI is InChI=1S/C46H52Br2N2O4/c1-3-5-7-9-11-13-15-17-19-25-49-43(51)31-23-21-29-40-36(48)28-34-38-32(44(52)50(46(34)54)26-20-18-16-14-12-10-8-6-4-2)24-22-30(42(38)40)39-35(47)27-33(45(49)53)37(31)41(29)39/h21-24,27-28H,3-20,25-26H2,1-2H3. The van der Waals surface area contributed by atoms with Crippen molar-refractivity contribution >= 4 is 98.6 Å². The van der Waals surface area contributed by atoms with Crippen molar-refractivity contribution in [2.45, 2.75) is 129 Å². The van der Waals surface area contributed by atoms with Crippen molar-refractivity contribution in [2.75, 3.05) is 13.1 Å². The van der Waals surface area contributed by atoms with E-state index in [9.17, 15) is 19.2 Å². The van der Waals surface area contributed by atoms with E-state index in [0.29, 0.717) is 46.1 Å². The van der Waals surface area contributed by atoms with Crippen LogP contribution in [0.25, 0.3) is 43.1 Å². The molecule has 0 saturated carbocycles. The number of benzene rings is 5. The average Bonchev–Trinajstić information content (AvgIpc) is 3.17. The van der Waals surface area contributed by atoms with Gasteiger partial charge in [0.15, 0.2) is 0 Å². The number of carbonyl (C=O) groups excluding carboxylic acids is 4. The molecule has 2 heterocycles. The molecule has 0 atom stereocenters. The predicted octanol–water partition coefficient (Wildman–Crippen LogP) is 13.5. The lowest BCUT2D eigenvalue weighted by atomic mass is 9.82. The molecule has 0 fully saturated rings. The van der Waals surface area contributed by atoms with Crippen LogP contribution in [0, 0.1) is 0 Å². The minimum absolute atomic E-state index is 0.245. The van der Waals surface area contributed by atoms with Gasteiger partial charge in [0.05, 0.1) is 0 Å². The van der Waals surface area contributed by atoms with Gasteiger partial charge in [-0.25, -0.2) is 0 Å². The molecule has 0 spiro atoms. The van der Waals surface area contributed by atoms with Crippen LogP contribution in [-0.2, 0) is 0 Å². The number of rotatable bonds is 20. The Hall–Kier alpha value is -3.36. The highest BCUT2D eigenvalue weighted by atomic mass is 79.9. The van der Waals surface area contributed by atoms with Gasteiger partial charge in [0, 0.05) is 76.6 Å². The molecule has 0 aliphatic carbocycles. The van der Waals surface area contributed by atoms with E-state index in [-0.39, 0.29) is 23.6 Å². The second-order valence-corrected chi connectivity index (χ2v) is 17.3. The van der Waals surface area contributed by atoms with Crippen LogP contribution in [0.1, 0.15) is 171 Å². The molecule has 0 bridgehead atoms. The van der Waals surface area contributed by atoms with Crippen molar-refractivity contribution in [1.29, 1.82) is 0 Å². The fourth-order valence-electron chi connectivity index (χ4n) is 9.04. The number of hydrogen-bond acceptors (Lipinski definition) is 4. The first-order chi connectivity index (χ1) is 26.3. The van der Waals surface area contributed by atoms with Gasteiger partial charge in [0.1, 0.15) is 0 Å². The maximum Gasteiger partial charge on any atom is 0.261 e. The fraction of sp³-hybridized carbons (Fsp3) is 0.478. The number of halogens is 2. The minimum atomic E-state index is -0.255. The van der Waals surface area contributed by atoms with Crippen molar-refractivity contribution in [3.63, 3.8) is 0 Å². The summed E-state index contributed by atoms with van der Waals surface area (Å²) in [4.78, 5) is 59.0. The number of fused-ring (bicyclic) bond motifs is 2. The van der Waals surface area contributed by atoms with Gasteiger partial charge in [0.2, 0.25) is 0 Å². The van der Waals surface area contributed by atoms with Gasteiger partial charge in [-0.1, -0.05) is 161 Å². The SMILES string of the molecule is CCCCCCCCCCCN1C(=O)c2ccc3c4c(Br)cc5c6c(ccc(c7c(Br)cc(c2c37)C1=O)c64)C(=O)N(CCCCCCCCCCC)C5=O. The molecular formula is C46H52Br2N2O4. The summed E-state index contributed by atoms with van der Waals surface area (Å²) in [7, 11) is 0. The van der Waals surface area contributed by atoms with Crippen LogP contribution < -0.4 is 0 Å². The van der Waals surface area contributed by atoms with Gasteiger partial charge in [-0.3, -0.25) is 29.0 Å². The van der Waals surface area contributed by atoms with E-state index >= 15 is 0 Å². The molecule has 0 unspecified atom stereocenters. The largest absolute Gasteiger partial charge is 0.274 e. The Balaban J connectivity index is 1.17. The first-order valence-corrected chi connectivity index (χ1v) is 22.2. The van der Waals surface area contributed by atoms with Gasteiger partial charge < -0.3 is 0 Å². The maximum atomic E-state index is 14.1. The molecule has 0 radical (unpaired) electrons. The van der Waals surface area contributed by atoms with Gasteiger partial charge >= 0.3 is 0 Å². The molecule has 5 aromatic carbocycles. The lowest BCUT2D eigenvalue weighted by Crippen LogP contribution is -2.41. The van der Waals surface area contributed by atoms with Gasteiger partial charge in [-0.15, -0.1) is 0 Å². The zero-order chi connectivity index (χ0) is 37.9. The van der Waals surface area contributed by atoms with Crippen LogP contribution >= 0.6 is 31.9 Å². The number of nitrogens with zero attached hydrogens (tertiary/aromatic N) is 2. The molecule has 6 nitrogen and oxygen atoms in total. The molecule has 2 aliphatic rings. The zero-order valence-electron chi connectivity index (χ0n) is 31.9. The average molecular weight is 857 g/mol. The second-order valence-electron chi connectivity index (χ2n) is 15.6. The smallest absolute Gasteiger partial charge is 0.261 e. The maximum absolute atomic E-state index is 14.1. The summed E-state index contributed by atoms with van der Waals surface area (Å²) >= 11 is 7.68. The van der Waals surface area contributed by atoms with Crippen LogP contribution in [0.2, 0.25) is 0 Å². The van der Waals surface area contributed by atoms with Crippen LogP contribution in [0.3, 0.4) is 0 Å². The summed E-state index contributed by atoms with van der Waals surface area (Å²) in [5.41, 5.74) is 2.12. The Morgan fingerprint density at radius 2 is 0.704 bits per heavy atom. The summed E-state index contributed by atoms with van der Waals surface area (Å²) in [6.45, 7) is 5.28. The molecule has 54 heavy (non-hydrogen) atoms. The van der Waals surface area contributed by atoms with E-state index in [2.05, 4.69) is 45.7 Å². The highest BCUT2D eigenvalue weighted by Crippen LogP contribution is 2.50. The fourth-order valence-corrected chi connectivity index (χ4v) is 10.3. The van der Waals surface area contributed by atoms with Crippen LogP contribution in [0.5, 0.6) is 0 Å². The van der Waals surface area contributed by atoms with Gasteiger partial charge in [0.25, 0.3) is 23.6 Å². The zero-order valence-corrected chi connectivity index (χ0v) is 35.1. The summed E-state index contributed by atoms with van der Waals surface area (Å²) in [5.74, 6) is -1.000. The van der Waals surface area contributed by atoms with Crippen molar-refractivity contribution < 1.29 is 19.2 Å². The van der Waals surface area contributed by atoms with E-state index < -0.39 is 0 Å². The number of imide groups is 2. The number of amides is 4. The number of unbranched alkanes of at least 4 members (excludes halogenated alkanes) is 16. The van der Waals surface area contributed by atoms with Crippen LogP contribution in [0.15, 0.2) is 45.3 Å². The molecule has 2 aliphatic heterocycles. The van der Waals surface area contributed by atoms with Gasteiger partial charge in [-0.05, 0) is 47.9 Å².